The van der Waals surface area contributed by atoms with Crippen LogP contribution >= 0.6 is 0 Å². The predicted octanol–water partition coefficient (Wildman–Crippen LogP) is 2.51. The van der Waals surface area contributed by atoms with Crippen molar-refractivity contribution in [3.05, 3.63) is 60.7 Å². The summed E-state index contributed by atoms with van der Waals surface area (Å²) in [5, 5.41) is 2.99. The van der Waals surface area contributed by atoms with Gasteiger partial charge < -0.3 is 20.4 Å². The van der Waals surface area contributed by atoms with Crippen LogP contribution in [0.5, 0.6) is 0 Å². The van der Waals surface area contributed by atoms with Gasteiger partial charge in [-0.05, 0) is 37.1 Å². The molecule has 6 nitrogen and oxygen atoms in total. The van der Waals surface area contributed by atoms with E-state index in [4.69, 9.17) is 5.73 Å². The zero-order valence-corrected chi connectivity index (χ0v) is 13.9. The number of aromatic nitrogens is 2. The van der Waals surface area contributed by atoms with Crippen LogP contribution in [0, 0.1) is 0 Å². The van der Waals surface area contributed by atoms with Crippen LogP contribution in [-0.2, 0) is 0 Å². The first kappa shape index (κ1) is 15.7. The molecule has 25 heavy (non-hydrogen) atoms. The number of hydrogen-bond donors (Lipinski definition) is 2. The summed E-state index contributed by atoms with van der Waals surface area (Å²) in [5.41, 5.74) is 9.38. The second-order valence-electron chi connectivity index (χ2n) is 6.44. The smallest absolute Gasteiger partial charge is 0.257 e. The molecule has 3 aromatic rings. The fourth-order valence-electron chi connectivity index (χ4n) is 3.27. The quantitative estimate of drug-likeness (QED) is 0.771. The van der Waals surface area contributed by atoms with Gasteiger partial charge in [0.2, 0.25) is 0 Å². The minimum atomic E-state index is -0.107. The number of rotatable bonds is 3. The molecule has 6 heteroatoms. The van der Waals surface area contributed by atoms with Crippen LogP contribution in [-0.4, -0.2) is 34.4 Å². The average Bonchev–Trinajstić information content (AvgIpc) is 3.10. The summed E-state index contributed by atoms with van der Waals surface area (Å²) >= 11 is 0. The molecule has 0 spiro atoms. The monoisotopic (exact) mass is 335 g/mol. The fourth-order valence-corrected chi connectivity index (χ4v) is 3.27. The van der Waals surface area contributed by atoms with Crippen LogP contribution in [0.25, 0.3) is 5.52 Å². The average molecular weight is 335 g/mol. The molecule has 0 bridgehead atoms. The standard InChI is InChI=1S/C19H21N5O/c20-14-7-9-23(10-8-14)18-4-2-1-3-17(18)19(25)22-15-5-6-16-11-21-13-24(16)12-15/h1-6,11-14H,7-10,20H2,(H,22,25). The van der Waals surface area contributed by atoms with Gasteiger partial charge in [-0.2, -0.15) is 0 Å². The van der Waals surface area contributed by atoms with Gasteiger partial charge in [-0.3, -0.25) is 4.79 Å². The number of pyridine rings is 1. The van der Waals surface area contributed by atoms with E-state index in [2.05, 4.69) is 15.2 Å². The Labute approximate surface area is 146 Å². The number of carbonyl (C=O) groups is 1. The van der Waals surface area contributed by atoms with E-state index >= 15 is 0 Å². The number of para-hydroxylation sites is 1. The normalized spacial score (nSPS) is 15.5. The lowest BCUT2D eigenvalue weighted by atomic mass is 10.0. The van der Waals surface area contributed by atoms with E-state index in [9.17, 15) is 4.79 Å². The van der Waals surface area contributed by atoms with Crippen molar-refractivity contribution in [2.45, 2.75) is 18.9 Å². The van der Waals surface area contributed by atoms with E-state index < -0.39 is 0 Å². The number of nitrogens with two attached hydrogens (primary N) is 1. The fraction of sp³-hybridized carbons (Fsp3) is 0.263. The summed E-state index contributed by atoms with van der Waals surface area (Å²) in [4.78, 5) is 19.2. The number of nitrogens with zero attached hydrogens (tertiary/aromatic N) is 3. The van der Waals surface area contributed by atoms with Crippen LogP contribution in [0.4, 0.5) is 11.4 Å². The van der Waals surface area contributed by atoms with E-state index in [1.807, 2.05) is 47.0 Å². The largest absolute Gasteiger partial charge is 0.371 e. The number of hydrogen-bond acceptors (Lipinski definition) is 4. The molecule has 0 aliphatic carbocycles. The highest BCUT2D eigenvalue weighted by Gasteiger charge is 2.21. The minimum absolute atomic E-state index is 0.107. The molecule has 2 aromatic heterocycles. The van der Waals surface area contributed by atoms with Crippen molar-refractivity contribution in [1.29, 1.82) is 0 Å². The Hall–Kier alpha value is -2.86. The molecular formula is C19H21N5O. The first-order valence-electron chi connectivity index (χ1n) is 8.53. The molecule has 128 valence electrons. The summed E-state index contributed by atoms with van der Waals surface area (Å²) in [6.45, 7) is 1.76. The van der Waals surface area contributed by atoms with Crippen LogP contribution in [0.3, 0.4) is 0 Å². The molecule has 1 aliphatic rings. The van der Waals surface area contributed by atoms with Crippen molar-refractivity contribution in [3.63, 3.8) is 0 Å². The lowest BCUT2D eigenvalue weighted by molar-refractivity contribution is 0.102. The molecule has 1 amide bonds. The number of imidazole rings is 1. The number of piperidine rings is 1. The van der Waals surface area contributed by atoms with Gasteiger partial charge in [0, 0.05) is 31.0 Å². The molecule has 1 saturated heterocycles. The number of anilines is 2. The first-order chi connectivity index (χ1) is 12.2. The molecule has 0 radical (unpaired) electrons. The number of nitrogens with one attached hydrogen (secondary N) is 1. The van der Waals surface area contributed by atoms with Crippen molar-refractivity contribution in [2.75, 3.05) is 23.3 Å². The van der Waals surface area contributed by atoms with Gasteiger partial charge in [0.1, 0.15) is 0 Å². The highest BCUT2D eigenvalue weighted by Crippen LogP contribution is 2.25. The minimum Gasteiger partial charge on any atom is -0.371 e. The second kappa shape index (κ2) is 6.57. The zero-order valence-electron chi connectivity index (χ0n) is 13.9. The van der Waals surface area contributed by atoms with Crippen LogP contribution in [0.1, 0.15) is 23.2 Å². The molecule has 4 rings (SSSR count). The van der Waals surface area contributed by atoms with Gasteiger partial charge in [0.15, 0.2) is 0 Å². The van der Waals surface area contributed by atoms with E-state index in [1.54, 1.807) is 12.5 Å². The molecule has 1 aliphatic heterocycles. The Morgan fingerprint density at radius 1 is 1.16 bits per heavy atom. The molecule has 1 fully saturated rings. The maximum absolute atomic E-state index is 12.8. The highest BCUT2D eigenvalue weighted by atomic mass is 16.1. The second-order valence-corrected chi connectivity index (χ2v) is 6.44. The summed E-state index contributed by atoms with van der Waals surface area (Å²) in [7, 11) is 0. The number of benzene rings is 1. The Morgan fingerprint density at radius 3 is 2.80 bits per heavy atom. The van der Waals surface area contributed by atoms with Gasteiger partial charge in [0.05, 0.1) is 29.3 Å². The molecule has 0 atom stereocenters. The first-order valence-corrected chi connectivity index (χ1v) is 8.53. The third-order valence-corrected chi connectivity index (χ3v) is 4.69. The van der Waals surface area contributed by atoms with Crippen LogP contribution < -0.4 is 16.0 Å². The van der Waals surface area contributed by atoms with E-state index in [0.717, 1.165) is 42.8 Å². The molecular weight excluding hydrogens is 314 g/mol. The van der Waals surface area contributed by atoms with E-state index in [1.165, 1.54) is 0 Å². The van der Waals surface area contributed by atoms with Crippen molar-refractivity contribution in [1.82, 2.24) is 9.38 Å². The third-order valence-electron chi connectivity index (χ3n) is 4.69. The Kier molecular flexibility index (Phi) is 4.11. The SMILES string of the molecule is NC1CCN(c2ccccc2C(=O)Nc2ccc3cncn3c2)CC1. The highest BCUT2D eigenvalue weighted by molar-refractivity contribution is 6.08. The van der Waals surface area contributed by atoms with Crippen molar-refractivity contribution in [2.24, 2.45) is 5.73 Å². The summed E-state index contributed by atoms with van der Waals surface area (Å²) in [6, 6.07) is 11.8. The molecule has 1 aromatic carbocycles. The molecule has 0 unspecified atom stereocenters. The van der Waals surface area contributed by atoms with Gasteiger partial charge >= 0.3 is 0 Å². The molecule has 3 N–H and O–H groups in total. The Bertz CT molecular complexity index is 895. The Balaban J connectivity index is 1.57. The number of amides is 1. The number of fused-ring (bicyclic) bond motifs is 1. The lowest BCUT2D eigenvalue weighted by Crippen LogP contribution is -2.40. The van der Waals surface area contributed by atoms with Gasteiger partial charge in [-0.25, -0.2) is 4.98 Å². The topological polar surface area (TPSA) is 75.7 Å². The summed E-state index contributed by atoms with van der Waals surface area (Å²) in [6.07, 6.45) is 7.27. The van der Waals surface area contributed by atoms with Crippen molar-refractivity contribution in [3.8, 4) is 0 Å². The number of carbonyl (C=O) groups excluding carboxylic acids is 1. The van der Waals surface area contributed by atoms with Crippen LogP contribution in [0.2, 0.25) is 0 Å². The summed E-state index contributed by atoms with van der Waals surface area (Å²) < 4.78 is 1.88. The van der Waals surface area contributed by atoms with E-state index in [-0.39, 0.29) is 11.9 Å². The summed E-state index contributed by atoms with van der Waals surface area (Å²) in [5.74, 6) is -0.107. The van der Waals surface area contributed by atoms with Crippen molar-refractivity contribution < 1.29 is 4.79 Å². The third kappa shape index (κ3) is 3.21. The molecule has 0 saturated carbocycles. The zero-order chi connectivity index (χ0) is 17.2. The maximum atomic E-state index is 12.8. The lowest BCUT2D eigenvalue weighted by Gasteiger charge is -2.33. The maximum Gasteiger partial charge on any atom is 0.257 e. The molecule has 3 heterocycles. The van der Waals surface area contributed by atoms with Gasteiger partial charge in [-0.1, -0.05) is 12.1 Å². The van der Waals surface area contributed by atoms with Crippen molar-refractivity contribution >= 4 is 22.8 Å². The van der Waals surface area contributed by atoms with Gasteiger partial charge in [0.25, 0.3) is 5.91 Å². The van der Waals surface area contributed by atoms with E-state index in [0.29, 0.717) is 5.56 Å². The Morgan fingerprint density at radius 2 is 1.96 bits per heavy atom. The van der Waals surface area contributed by atoms with Gasteiger partial charge in [-0.15, -0.1) is 0 Å². The predicted molar refractivity (Wildman–Crippen MR) is 99.0 cm³/mol. The van der Waals surface area contributed by atoms with Crippen LogP contribution in [0.15, 0.2) is 55.1 Å².